The minimum absolute atomic E-state index is 0.0380. The summed E-state index contributed by atoms with van der Waals surface area (Å²) in [7, 11) is 2.07. The zero-order chi connectivity index (χ0) is 26.4. The number of nitrogens with one attached hydrogen (secondary N) is 3. The third kappa shape index (κ3) is 4.70. The van der Waals surface area contributed by atoms with Crippen molar-refractivity contribution >= 4 is 52.4 Å². The Bertz CT molecular complexity index is 1420. The van der Waals surface area contributed by atoms with Crippen LogP contribution in [0.2, 0.25) is 5.02 Å². The van der Waals surface area contributed by atoms with Crippen molar-refractivity contribution in [2.24, 2.45) is 0 Å². The third-order valence-corrected chi connectivity index (χ3v) is 7.29. The number of H-pyrrole nitrogens is 1. The molecule has 2 amide bonds. The molecule has 0 saturated carbocycles. The summed E-state index contributed by atoms with van der Waals surface area (Å²) < 4.78 is 13.6. The standard InChI is InChI=1S/C26H27ClFN7O2/c1-13-7-21(26(37)35-10-14(2)34(4)15(3)11-35)32-20(13)9-17-22-23(29-12-30-24(22)33-25(17)36)31-16-5-6-19(28)18(27)8-16/h5-9,12,14-15,32H,10-11H2,1-4H3,(H2,29,30,31,33,36). The lowest BCUT2D eigenvalue weighted by molar-refractivity contribution is -0.110. The number of hydrogen-bond donors (Lipinski definition) is 3. The summed E-state index contributed by atoms with van der Waals surface area (Å²) in [6, 6.07) is 6.52. The lowest BCUT2D eigenvalue weighted by atomic mass is 10.1. The molecule has 11 heteroatoms. The monoisotopic (exact) mass is 523 g/mol. The van der Waals surface area contributed by atoms with E-state index in [-0.39, 0.29) is 28.9 Å². The van der Waals surface area contributed by atoms with Crippen molar-refractivity contribution in [3.8, 4) is 0 Å². The molecule has 2 aliphatic heterocycles. The molecule has 0 radical (unpaired) electrons. The summed E-state index contributed by atoms with van der Waals surface area (Å²) in [5, 5.41) is 5.80. The minimum atomic E-state index is -0.536. The first kappa shape index (κ1) is 24.9. The number of fused-ring (bicyclic) bond motifs is 1. The van der Waals surface area contributed by atoms with Crippen LogP contribution >= 0.6 is 11.6 Å². The van der Waals surface area contributed by atoms with E-state index >= 15 is 0 Å². The largest absolute Gasteiger partial charge is 0.351 e. The summed E-state index contributed by atoms with van der Waals surface area (Å²) in [4.78, 5) is 42.0. The van der Waals surface area contributed by atoms with Crippen LogP contribution < -0.4 is 10.6 Å². The van der Waals surface area contributed by atoms with E-state index in [4.69, 9.17) is 11.6 Å². The minimum Gasteiger partial charge on any atom is -0.351 e. The first-order chi connectivity index (χ1) is 17.6. The van der Waals surface area contributed by atoms with E-state index in [2.05, 4.69) is 51.4 Å². The van der Waals surface area contributed by atoms with Gasteiger partial charge in [-0.05, 0) is 63.7 Å². The molecule has 9 nitrogen and oxygen atoms in total. The van der Waals surface area contributed by atoms with Gasteiger partial charge in [-0.25, -0.2) is 14.4 Å². The molecule has 2 atom stereocenters. The Morgan fingerprint density at radius 2 is 1.95 bits per heavy atom. The number of piperazine rings is 1. The van der Waals surface area contributed by atoms with Crippen LogP contribution in [0.5, 0.6) is 0 Å². The Labute approximate surface area is 218 Å². The summed E-state index contributed by atoms with van der Waals surface area (Å²) in [5.74, 6) is -0.249. The number of hydrogen-bond acceptors (Lipinski definition) is 6. The van der Waals surface area contributed by atoms with Gasteiger partial charge in [-0.3, -0.25) is 14.5 Å². The Balaban J connectivity index is 1.46. The fourth-order valence-electron chi connectivity index (χ4n) is 4.69. The molecule has 2 unspecified atom stereocenters. The molecule has 1 fully saturated rings. The fourth-order valence-corrected chi connectivity index (χ4v) is 4.87. The van der Waals surface area contributed by atoms with Gasteiger partial charge >= 0.3 is 0 Å². The highest BCUT2D eigenvalue weighted by Crippen LogP contribution is 2.37. The van der Waals surface area contributed by atoms with Gasteiger partial charge in [0.15, 0.2) is 0 Å². The van der Waals surface area contributed by atoms with Crippen molar-refractivity contribution in [2.75, 3.05) is 30.8 Å². The molecule has 0 bridgehead atoms. The molecular weight excluding hydrogens is 497 g/mol. The number of likely N-dealkylation sites (N-methyl/N-ethyl adjacent to an activating group) is 1. The number of amides is 2. The van der Waals surface area contributed by atoms with Gasteiger partial charge in [0.25, 0.3) is 11.8 Å². The Hall–Kier alpha value is -3.76. The van der Waals surface area contributed by atoms with Gasteiger partial charge in [0, 0.05) is 36.6 Å². The van der Waals surface area contributed by atoms with E-state index in [1.54, 1.807) is 12.1 Å². The predicted molar refractivity (Wildman–Crippen MR) is 141 cm³/mol. The van der Waals surface area contributed by atoms with Crippen LogP contribution in [0.4, 0.5) is 21.7 Å². The van der Waals surface area contributed by atoms with Gasteiger partial charge in [-0.2, -0.15) is 0 Å². The zero-order valence-corrected chi connectivity index (χ0v) is 21.7. The maximum atomic E-state index is 13.6. The first-order valence-corrected chi connectivity index (χ1v) is 12.3. The van der Waals surface area contributed by atoms with Gasteiger partial charge in [0.05, 0.1) is 16.2 Å². The van der Waals surface area contributed by atoms with Gasteiger partial charge in [0.2, 0.25) is 0 Å². The molecule has 4 heterocycles. The van der Waals surface area contributed by atoms with Gasteiger partial charge in [0.1, 0.15) is 29.5 Å². The number of aromatic amines is 1. The highest BCUT2D eigenvalue weighted by Gasteiger charge is 2.32. The van der Waals surface area contributed by atoms with E-state index in [0.29, 0.717) is 52.9 Å². The maximum Gasteiger partial charge on any atom is 0.270 e. The SMILES string of the molecule is Cc1cc(C(=O)N2CC(C)N(C)C(C)C2)[nH]c1C=C1C(=O)Nc2ncnc(Nc3ccc(F)c(Cl)c3)c21. The molecule has 3 N–H and O–H groups in total. The van der Waals surface area contributed by atoms with Crippen LogP contribution in [0, 0.1) is 12.7 Å². The molecule has 1 saturated heterocycles. The number of anilines is 3. The Kier molecular flexibility index (Phi) is 6.47. The fraction of sp³-hybridized carbons (Fsp3) is 0.308. The second-order valence-corrected chi connectivity index (χ2v) is 9.97. The van der Waals surface area contributed by atoms with Crippen LogP contribution in [0.15, 0.2) is 30.6 Å². The van der Waals surface area contributed by atoms with E-state index < -0.39 is 5.82 Å². The number of nitrogens with zero attached hydrogens (tertiary/aromatic N) is 4. The van der Waals surface area contributed by atoms with Crippen molar-refractivity contribution < 1.29 is 14.0 Å². The van der Waals surface area contributed by atoms with Gasteiger partial charge in [-0.1, -0.05) is 11.6 Å². The number of aromatic nitrogens is 3. The summed E-state index contributed by atoms with van der Waals surface area (Å²) in [6.45, 7) is 7.38. The lowest BCUT2D eigenvalue weighted by Gasteiger charge is -2.42. The Morgan fingerprint density at radius 3 is 2.65 bits per heavy atom. The number of carbonyl (C=O) groups excluding carboxylic acids is 2. The van der Waals surface area contributed by atoms with Crippen LogP contribution in [-0.2, 0) is 4.79 Å². The highest BCUT2D eigenvalue weighted by atomic mass is 35.5. The maximum absolute atomic E-state index is 13.6. The van der Waals surface area contributed by atoms with Crippen LogP contribution in [0.1, 0.15) is 41.2 Å². The lowest BCUT2D eigenvalue weighted by Crippen LogP contribution is -2.56. The van der Waals surface area contributed by atoms with E-state index in [1.165, 1.54) is 24.5 Å². The molecule has 1 aromatic carbocycles. The highest BCUT2D eigenvalue weighted by molar-refractivity contribution is 6.35. The van der Waals surface area contributed by atoms with Crippen molar-refractivity contribution in [2.45, 2.75) is 32.9 Å². The number of halogens is 2. The molecule has 37 heavy (non-hydrogen) atoms. The predicted octanol–water partition coefficient (Wildman–Crippen LogP) is 4.31. The Morgan fingerprint density at radius 1 is 1.22 bits per heavy atom. The zero-order valence-electron chi connectivity index (χ0n) is 20.9. The quantitative estimate of drug-likeness (QED) is 0.440. The molecule has 3 aromatic rings. The molecular formula is C26H27ClFN7O2. The van der Waals surface area contributed by atoms with Crippen LogP contribution in [0.3, 0.4) is 0 Å². The average Bonchev–Trinajstić information content (AvgIpc) is 3.38. The number of rotatable bonds is 4. The normalized spacial score (nSPS) is 20.8. The van der Waals surface area contributed by atoms with Crippen molar-refractivity contribution in [1.82, 2.24) is 24.8 Å². The summed E-state index contributed by atoms with van der Waals surface area (Å²) >= 11 is 5.92. The molecule has 192 valence electrons. The number of benzene rings is 1. The van der Waals surface area contributed by atoms with Crippen molar-refractivity contribution in [3.63, 3.8) is 0 Å². The number of carbonyl (C=O) groups is 2. The second kappa shape index (κ2) is 9.60. The molecule has 2 aromatic heterocycles. The first-order valence-electron chi connectivity index (χ1n) is 11.9. The van der Waals surface area contributed by atoms with Gasteiger partial charge < -0.3 is 20.5 Å². The summed E-state index contributed by atoms with van der Waals surface area (Å²) in [5.41, 5.74) is 3.23. The van der Waals surface area contributed by atoms with E-state index in [0.717, 1.165) is 5.56 Å². The third-order valence-electron chi connectivity index (χ3n) is 7.00. The molecule has 0 aliphatic carbocycles. The summed E-state index contributed by atoms with van der Waals surface area (Å²) in [6.07, 6.45) is 3.01. The molecule has 2 aliphatic rings. The number of aryl methyl sites for hydroxylation is 1. The van der Waals surface area contributed by atoms with Crippen LogP contribution in [0.25, 0.3) is 11.6 Å². The smallest absolute Gasteiger partial charge is 0.270 e. The van der Waals surface area contributed by atoms with E-state index in [9.17, 15) is 14.0 Å². The molecule has 5 rings (SSSR count). The van der Waals surface area contributed by atoms with Crippen LogP contribution in [-0.4, -0.2) is 68.8 Å². The topological polar surface area (TPSA) is 106 Å². The van der Waals surface area contributed by atoms with Crippen molar-refractivity contribution in [1.29, 1.82) is 0 Å². The van der Waals surface area contributed by atoms with Crippen molar-refractivity contribution in [3.05, 3.63) is 63.9 Å². The van der Waals surface area contributed by atoms with E-state index in [1.807, 2.05) is 11.8 Å². The molecule has 0 spiro atoms. The average molecular weight is 524 g/mol. The second-order valence-electron chi connectivity index (χ2n) is 9.57. The van der Waals surface area contributed by atoms with Gasteiger partial charge in [-0.15, -0.1) is 0 Å².